The van der Waals surface area contributed by atoms with Crippen LogP contribution in [0.25, 0.3) is 11.2 Å². The summed E-state index contributed by atoms with van der Waals surface area (Å²) >= 11 is 0. The summed E-state index contributed by atoms with van der Waals surface area (Å²) in [4.78, 5) is 29.9. The third kappa shape index (κ3) is 1.18. The molecule has 0 saturated heterocycles. The quantitative estimate of drug-likeness (QED) is 0.571. The normalized spacial score (nSPS) is 10.5. The van der Waals surface area contributed by atoms with Crippen LogP contribution in [-0.2, 0) is 0 Å². The first-order valence-corrected chi connectivity index (χ1v) is 3.48. The lowest BCUT2D eigenvalue weighted by atomic mass is 10.3. The average molecular weight is 179 g/mol. The number of carbonyl (C=O) groups is 1. The first-order valence-electron chi connectivity index (χ1n) is 3.48. The number of imidazole rings is 1. The molecule has 2 rings (SSSR count). The molecule has 2 aromatic heterocycles. The maximum Gasteiger partial charge on any atom is 0.337 e. The summed E-state index contributed by atoms with van der Waals surface area (Å²) in [6, 6.07) is 1.35. The van der Waals surface area contributed by atoms with Crippen LogP contribution in [0.4, 0.5) is 0 Å². The highest BCUT2D eigenvalue weighted by molar-refractivity contribution is 5.90. The van der Waals surface area contributed by atoms with Gasteiger partial charge in [0.05, 0.1) is 11.1 Å². The van der Waals surface area contributed by atoms with Crippen molar-refractivity contribution in [2.45, 2.75) is 0 Å². The standard InChI is InChI=1S/C7H5N3O3/c11-6(12)3-1-4-5(8-2-3)10-7(13)9-4/h1-2H,(H,11,12)(H2,8,9,10,13). The lowest BCUT2D eigenvalue weighted by molar-refractivity contribution is 0.0696. The van der Waals surface area contributed by atoms with Crippen molar-refractivity contribution in [3.8, 4) is 0 Å². The number of pyridine rings is 1. The van der Waals surface area contributed by atoms with E-state index in [0.29, 0.717) is 11.2 Å². The Balaban J connectivity index is 2.74. The fourth-order valence-electron chi connectivity index (χ4n) is 1.04. The number of aromatic nitrogens is 3. The van der Waals surface area contributed by atoms with Gasteiger partial charge in [0, 0.05) is 6.20 Å². The number of fused-ring (bicyclic) bond motifs is 1. The monoisotopic (exact) mass is 179 g/mol. The first kappa shape index (κ1) is 7.53. The first-order chi connectivity index (χ1) is 6.16. The van der Waals surface area contributed by atoms with Crippen molar-refractivity contribution >= 4 is 17.1 Å². The van der Waals surface area contributed by atoms with Gasteiger partial charge in [-0.3, -0.25) is 4.98 Å². The van der Waals surface area contributed by atoms with E-state index in [1.54, 1.807) is 0 Å². The molecule has 0 unspecified atom stereocenters. The molecule has 0 aromatic carbocycles. The number of H-pyrrole nitrogens is 2. The number of aromatic carboxylic acids is 1. The van der Waals surface area contributed by atoms with E-state index in [-0.39, 0.29) is 5.56 Å². The van der Waals surface area contributed by atoms with E-state index in [0.717, 1.165) is 0 Å². The minimum absolute atomic E-state index is 0.0442. The third-order valence-electron chi connectivity index (χ3n) is 1.61. The molecule has 0 radical (unpaired) electrons. The summed E-state index contributed by atoms with van der Waals surface area (Å²) in [6.45, 7) is 0. The summed E-state index contributed by atoms with van der Waals surface area (Å²) in [7, 11) is 0. The third-order valence-corrected chi connectivity index (χ3v) is 1.61. The maximum absolute atomic E-state index is 10.8. The van der Waals surface area contributed by atoms with Crippen LogP contribution in [0.1, 0.15) is 10.4 Å². The van der Waals surface area contributed by atoms with E-state index in [2.05, 4.69) is 15.0 Å². The second-order valence-electron chi connectivity index (χ2n) is 2.50. The zero-order chi connectivity index (χ0) is 9.42. The molecule has 0 fully saturated rings. The Morgan fingerprint density at radius 3 is 2.92 bits per heavy atom. The van der Waals surface area contributed by atoms with E-state index in [1.807, 2.05) is 0 Å². The maximum atomic E-state index is 10.8. The molecule has 0 saturated carbocycles. The molecule has 13 heavy (non-hydrogen) atoms. The van der Waals surface area contributed by atoms with Crippen molar-refractivity contribution in [3.63, 3.8) is 0 Å². The zero-order valence-electron chi connectivity index (χ0n) is 6.37. The molecule has 0 spiro atoms. The molecule has 2 heterocycles. The Kier molecular flexibility index (Phi) is 1.42. The van der Waals surface area contributed by atoms with Crippen LogP contribution >= 0.6 is 0 Å². The van der Waals surface area contributed by atoms with Crippen LogP contribution in [-0.4, -0.2) is 26.0 Å². The van der Waals surface area contributed by atoms with Crippen molar-refractivity contribution in [2.75, 3.05) is 0 Å². The summed E-state index contributed by atoms with van der Waals surface area (Å²) in [5.74, 6) is -1.07. The Morgan fingerprint density at radius 1 is 1.46 bits per heavy atom. The molecule has 0 amide bonds. The second-order valence-corrected chi connectivity index (χ2v) is 2.50. The molecule has 0 aliphatic heterocycles. The predicted molar refractivity (Wildman–Crippen MR) is 43.7 cm³/mol. The van der Waals surface area contributed by atoms with E-state index in [9.17, 15) is 9.59 Å². The minimum atomic E-state index is -1.07. The highest BCUT2D eigenvalue weighted by Crippen LogP contribution is 2.05. The SMILES string of the molecule is O=C(O)c1cnc2[nH]c(=O)[nH]c2c1. The van der Waals surface area contributed by atoms with Crippen molar-refractivity contribution in [2.24, 2.45) is 0 Å². The molecule has 0 bridgehead atoms. The van der Waals surface area contributed by atoms with E-state index in [1.165, 1.54) is 12.3 Å². The number of hydrogen-bond acceptors (Lipinski definition) is 3. The van der Waals surface area contributed by atoms with Crippen molar-refractivity contribution in [1.29, 1.82) is 0 Å². The molecule has 0 aliphatic carbocycles. The number of aromatic amines is 2. The van der Waals surface area contributed by atoms with E-state index >= 15 is 0 Å². The van der Waals surface area contributed by atoms with Gasteiger partial charge in [-0.2, -0.15) is 0 Å². The van der Waals surface area contributed by atoms with Crippen molar-refractivity contribution < 1.29 is 9.90 Å². The van der Waals surface area contributed by atoms with Gasteiger partial charge in [-0.25, -0.2) is 14.6 Å². The number of rotatable bonds is 1. The largest absolute Gasteiger partial charge is 0.478 e. The van der Waals surface area contributed by atoms with E-state index in [4.69, 9.17) is 5.11 Å². The number of nitrogens with zero attached hydrogens (tertiary/aromatic N) is 1. The van der Waals surface area contributed by atoms with Gasteiger partial charge in [0.1, 0.15) is 0 Å². The van der Waals surface area contributed by atoms with Crippen LogP contribution < -0.4 is 5.69 Å². The Bertz CT molecular complexity index is 525. The predicted octanol–water partition coefficient (Wildman–Crippen LogP) is -0.0506. The highest BCUT2D eigenvalue weighted by Gasteiger charge is 2.05. The van der Waals surface area contributed by atoms with Gasteiger partial charge < -0.3 is 10.1 Å². The summed E-state index contributed by atoms with van der Waals surface area (Å²) in [5.41, 5.74) is 0.396. The van der Waals surface area contributed by atoms with Crippen molar-refractivity contribution in [3.05, 3.63) is 28.3 Å². The molecule has 2 aromatic rings. The smallest absolute Gasteiger partial charge is 0.337 e. The molecule has 0 aliphatic rings. The van der Waals surface area contributed by atoms with Crippen LogP contribution in [0.5, 0.6) is 0 Å². The highest BCUT2D eigenvalue weighted by atomic mass is 16.4. The van der Waals surface area contributed by atoms with Crippen LogP contribution in [0, 0.1) is 0 Å². The van der Waals surface area contributed by atoms with Gasteiger partial charge in [0.2, 0.25) is 0 Å². The van der Waals surface area contributed by atoms with Crippen molar-refractivity contribution in [1.82, 2.24) is 15.0 Å². The van der Waals surface area contributed by atoms with E-state index < -0.39 is 11.7 Å². The fraction of sp³-hybridized carbons (Fsp3) is 0. The lowest BCUT2D eigenvalue weighted by Gasteiger charge is -1.91. The molecule has 0 atom stereocenters. The average Bonchev–Trinajstić information content (AvgIpc) is 2.42. The summed E-state index contributed by atoms with van der Waals surface area (Å²) < 4.78 is 0. The molecule has 6 heteroatoms. The van der Waals surface area contributed by atoms with Crippen LogP contribution in [0.15, 0.2) is 17.1 Å². The number of hydrogen-bond donors (Lipinski definition) is 3. The lowest BCUT2D eigenvalue weighted by Crippen LogP contribution is -1.99. The van der Waals surface area contributed by atoms with Gasteiger partial charge >= 0.3 is 11.7 Å². The fourth-order valence-corrected chi connectivity index (χ4v) is 1.04. The van der Waals surface area contributed by atoms with Gasteiger partial charge in [-0.1, -0.05) is 0 Å². The Labute approximate surface area is 71.2 Å². The molecule has 66 valence electrons. The number of carboxylic acid groups (broad SMARTS) is 1. The van der Waals surface area contributed by atoms with Gasteiger partial charge in [-0.05, 0) is 6.07 Å². The minimum Gasteiger partial charge on any atom is -0.478 e. The summed E-state index contributed by atoms with van der Waals surface area (Å²) in [6.07, 6.45) is 1.19. The number of carboxylic acids is 1. The van der Waals surface area contributed by atoms with Gasteiger partial charge in [-0.15, -0.1) is 0 Å². The molecular formula is C7H5N3O3. The zero-order valence-corrected chi connectivity index (χ0v) is 6.37. The topological polar surface area (TPSA) is 98.8 Å². The molecule has 6 nitrogen and oxygen atoms in total. The molecule has 3 N–H and O–H groups in total. The van der Waals surface area contributed by atoms with Crippen LogP contribution in [0.3, 0.4) is 0 Å². The second kappa shape index (κ2) is 2.44. The van der Waals surface area contributed by atoms with Gasteiger partial charge in [0.15, 0.2) is 5.65 Å². The van der Waals surface area contributed by atoms with Gasteiger partial charge in [0.25, 0.3) is 0 Å². The Hall–Kier alpha value is -2.11. The Morgan fingerprint density at radius 2 is 2.23 bits per heavy atom. The summed E-state index contributed by atoms with van der Waals surface area (Å²) in [5, 5.41) is 8.61. The van der Waals surface area contributed by atoms with Crippen LogP contribution in [0.2, 0.25) is 0 Å². The number of nitrogens with one attached hydrogen (secondary N) is 2. The molecular weight excluding hydrogens is 174 g/mol.